The topological polar surface area (TPSA) is 42.4 Å². The first-order valence-corrected chi connectivity index (χ1v) is 18.1. The number of aromatic nitrogens is 1. The summed E-state index contributed by atoms with van der Waals surface area (Å²) in [5.74, 6) is 0.233. The summed E-state index contributed by atoms with van der Waals surface area (Å²) in [4.78, 5) is 5.37. The molecule has 1 aromatic carbocycles. The van der Waals surface area contributed by atoms with Crippen molar-refractivity contribution in [2.24, 2.45) is 5.41 Å². The van der Waals surface area contributed by atoms with Crippen molar-refractivity contribution in [3.8, 4) is 0 Å². The molecule has 1 fully saturated rings. The minimum atomic E-state index is -2.00. The van der Waals surface area contributed by atoms with E-state index in [2.05, 4.69) is 115 Å². The fourth-order valence-corrected chi connectivity index (χ4v) is 8.25. The summed E-state index contributed by atoms with van der Waals surface area (Å²) in [6.45, 7) is 22.8. The number of hydrogen-bond donors (Lipinski definition) is 1. The molecule has 5 heteroatoms. The lowest BCUT2D eigenvalue weighted by Gasteiger charge is -2.50. The van der Waals surface area contributed by atoms with Crippen molar-refractivity contribution in [2.45, 2.75) is 129 Å². The van der Waals surface area contributed by atoms with Crippen LogP contribution in [0.4, 0.5) is 0 Å². The van der Waals surface area contributed by atoms with Crippen LogP contribution in [0, 0.1) is 8.99 Å². The van der Waals surface area contributed by atoms with Crippen LogP contribution in [0.15, 0.2) is 24.3 Å². The molecule has 3 nitrogen and oxygen atoms in total. The van der Waals surface area contributed by atoms with Crippen LogP contribution in [0.3, 0.4) is 0 Å². The molecule has 1 heterocycles. The average Bonchev–Trinajstić information content (AvgIpc) is 2.75. The Hall–Kier alpha value is -0.763. The molecular formula is C32H48INO2Si. The minimum absolute atomic E-state index is 0.0553. The third kappa shape index (κ3) is 5.62. The molecule has 1 N–H and O–H groups in total. The highest BCUT2D eigenvalue weighted by Crippen LogP contribution is 2.57. The van der Waals surface area contributed by atoms with E-state index in [1.54, 1.807) is 0 Å². The quantitative estimate of drug-likeness (QED) is 0.264. The van der Waals surface area contributed by atoms with Gasteiger partial charge in [0.1, 0.15) is 6.10 Å². The van der Waals surface area contributed by atoms with Crippen LogP contribution in [0.5, 0.6) is 0 Å². The molecule has 204 valence electrons. The van der Waals surface area contributed by atoms with Crippen LogP contribution in [0.2, 0.25) is 18.1 Å². The maximum atomic E-state index is 11.8. The van der Waals surface area contributed by atoms with Crippen LogP contribution in [0.25, 0.3) is 0 Å². The van der Waals surface area contributed by atoms with Gasteiger partial charge in [-0.3, -0.25) is 4.98 Å². The number of rotatable bonds is 5. The van der Waals surface area contributed by atoms with E-state index in [4.69, 9.17) is 9.41 Å². The first-order valence-electron chi connectivity index (χ1n) is 14.1. The maximum Gasteiger partial charge on any atom is 0.192 e. The Morgan fingerprint density at radius 3 is 2.11 bits per heavy atom. The zero-order chi connectivity index (χ0) is 27.6. The zero-order valence-electron chi connectivity index (χ0n) is 24.8. The van der Waals surface area contributed by atoms with E-state index >= 15 is 0 Å². The van der Waals surface area contributed by atoms with Gasteiger partial charge < -0.3 is 9.53 Å². The van der Waals surface area contributed by atoms with Gasteiger partial charge in [0.2, 0.25) is 0 Å². The third-order valence-corrected chi connectivity index (χ3v) is 15.0. The molecule has 0 aliphatic heterocycles. The first-order chi connectivity index (χ1) is 17.0. The number of halogens is 1. The highest BCUT2D eigenvalue weighted by atomic mass is 127. The van der Waals surface area contributed by atoms with Gasteiger partial charge in [-0.05, 0) is 94.3 Å². The third-order valence-electron chi connectivity index (χ3n) is 9.37. The van der Waals surface area contributed by atoms with Gasteiger partial charge in [-0.15, -0.1) is 0 Å². The number of nitrogens with zero attached hydrogens (tertiary/aromatic N) is 1. The van der Waals surface area contributed by atoms with Crippen molar-refractivity contribution in [2.75, 3.05) is 0 Å². The van der Waals surface area contributed by atoms with Crippen molar-refractivity contribution in [3.63, 3.8) is 0 Å². The minimum Gasteiger partial charge on any atom is -0.410 e. The SMILES string of the molecule is CC(C)c1nc2c(c(I)c1C(O)c1ccc(C(C)(C)C)cc1)[C@H](O[Si](C)(C)C(C)(C)C)CC1(CCC1)C2. The second kappa shape index (κ2) is 10.0. The second-order valence-corrected chi connectivity index (χ2v) is 20.5. The summed E-state index contributed by atoms with van der Waals surface area (Å²) >= 11 is 2.51. The van der Waals surface area contributed by atoms with E-state index in [1.807, 2.05) is 0 Å². The fraction of sp³-hybridized carbons (Fsp3) is 0.656. The Balaban J connectivity index is 1.84. The largest absolute Gasteiger partial charge is 0.410 e. The van der Waals surface area contributed by atoms with Gasteiger partial charge >= 0.3 is 0 Å². The van der Waals surface area contributed by atoms with Gasteiger partial charge in [-0.25, -0.2) is 0 Å². The molecule has 0 saturated heterocycles. The molecule has 37 heavy (non-hydrogen) atoms. The van der Waals surface area contributed by atoms with Crippen LogP contribution >= 0.6 is 22.6 Å². The normalized spacial score (nSPS) is 20.6. The molecule has 2 aromatic rings. The molecule has 0 amide bonds. The van der Waals surface area contributed by atoms with Gasteiger partial charge in [0.05, 0.1) is 11.8 Å². The van der Waals surface area contributed by atoms with E-state index in [-0.39, 0.29) is 22.5 Å². The highest BCUT2D eigenvalue weighted by Gasteiger charge is 2.49. The molecule has 1 saturated carbocycles. The van der Waals surface area contributed by atoms with Crippen LogP contribution < -0.4 is 0 Å². The number of hydrogen-bond acceptors (Lipinski definition) is 3. The molecule has 2 atom stereocenters. The molecule has 1 aromatic heterocycles. The summed E-state index contributed by atoms with van der Waals surface area (Å²) in [6, 6.07) is 8.52. The molecule has 2 aliphatic rings. The lowest BCUT2D eigenvalue weighted by atomic mass is 9.59. The predicted octanol–water partition coefficient (Wildman–Crippen LogP) is 9.37. The summed E-state index contributed by atoms with van der Waals surface area (Å²) in [7, 11) is -2.00. The fourth-order valence-electron chi connectivity index (χ4n) is 5.76. The van der Waals surface area contributed by atoms with E-state index in [1.165, 1.54) is 36.1 Å². The summed E-state index contributed by atoms with van der Waals surface area (Å²) in [6.07, 6.45) is 5.36. The van der Waals surface area contributed by atoms with Gasteiger partial charge in [0.15, 0.2) is 8.32 Å². The highest BCUT2D eigenvalue weighted by molar-refractivity contribution is 14.1. The molecule has 2 aliphatic carbocycles. The summed E-state index contributed by atoms with van der Waals surface area (Å²) in [5.41, 5.74) is 7.13. The molecule has 4 rings (SSSR count). The number of fused-ring (bicyclic) bond motifs is 1. The number of pyridine rings is 1. The zero-order valence-corrected chi connectivity index (χ0v) is 27.9. The lowest BCUT2D eigenvalue weighted by molar-refractivity contribution is 0.0293. The van der Waals surface area contributed by atoms with Crippen molar-refractivity contribution < 1.29 is 9.53 Å². The lowest BCUT2D eigenvalue weighted by Crippen LogP contribution is -2.46. The molecule has 0 radical (unpaired) electrons. The van der Waals surface area contributed by atoms with Crippen LogP contribution in [-0.4, -0.2) is 18.4 Å². The number of aliphatic hydroxyl groups is 1. The van der Waals surface area contributed by atoms with E-state index < -0.39 is 14.4 Å². The Morgan fingerprint density at radius 1 is 1.05 bits per heavy atom. The Kier molecular flexibility index (Phi) is 7.91. The average molecular weight is 634 g/mol. The molecular weight excluding hydrogens is 585 g/mol. The van der Waals surface area contributed by atoms with Crippen molar-refractivity contribution in [1.29, 1.82) is 0 Å². The van der Waals surface area contributed by atoms with Gasteiger partial charge in [0, 0.05) is 20.4 Å². The van der Waals surface area contributed by atoms with Crippen molar-refractivity contribution >= 4 is 30.9 Å². The number of aliphatic hydroxyl groups excluding tert-OH is 1. The number of benzene rings is 1. The van der Waals surface area contributed by atoms with Gasteiger partial charge in [0.25, 0.3) is 0 Å². The monoisotopic (exact) mass is 633 g/mol. The smallest absolute Gasteiger partial charge is 0.192 e. The predicted molar refractivity (Wildman–Crippen MR) is 166 cm³/mol. The molecule has 1 unspecified atom stereocenters. The van der Waals surface area contributed by atoms with Crippen LogP contribution in [-0.2, 0) is 16.3 Å². The van der Waals surface area contributed by atoms with Crippen molar-refractivity contribution in [3.05, 3.63) is 61.5 Å². The Morgan fingerprint density at radius 2 is 1.65 bits per heavy atom. The van der Waals surface area contributed by atoms with Gasteiger partial charge in [-0.1, -0.05) is 86.1 Å². The summed E-state index contributed by atoms with van der Waals surface area (Å²) in [5, 5.41) is 12.0. The van der Waals surface area contributed by atoms with Crippen molar-refractivity contribution in [1.82, 2.24) is 4.98 Å². The molecule has 0 bridgehead atoms. The second-order valence-electron chi connectivity index (χ2n) is 14.6. The van der Waals surface area contributed by atoms with E-state index in [0.29, 0.717) is 5.41 Å². The van der Waals surface area contributed by atoms with E-state index in [9.17, 15) is 5.11 Å². The Bertz CT molecular complexity index is 1140. The van der Waals surface area contributed by atoms with Gasteiger partial charge in [-0.2, -0.15) is 0 Å². The van der Waals surface area contributed by atoms with E-state index in [0.717, 1.165) is 33.2 Å². The summed E-state index contributed by atoms with van der Waals surface area (Å²) < 4.78 is 8.35. The van der Waals surface area contributed by atoms with Crippen LogP contribution in [0.1, 0.15) is 133 Å². The first kappa shape index (κ1) is 29.2. The maximum absolute atomic E-state index is 11.8. The molecule has 1 spiro atoms. The Labute approximate surface area is 240 Å². The standard InChI is InChI=1S/C32H48INO2Si/c1-20(2)28-26(29(35)21-12-14-22(15-13-21)30(3,4)5)27(33)25-23(34-28)18-32(16-11-17-32)19-24(25)36-37(9,10)31(6,7)8/h12-15,20,24,29,35H,11,16-19H2,1-10H3/t24-,29?/m1/s1.